The van der Waals surface area contributed by atoms with Gasteiger partial charge in [0.1, 0.15) is 4.88 Å². The van der Waals surface area contributed by atoms with E-state index < -0.39 is 5.97 Å². The molecule has 0 saturated heterocycles. The van der Waals surface area contributed by atoms with Crippen molar-refractivity contribution in [1.29, 1.82) is 0 Å². The lowest BCUT2D eigenvalue weighted by atomic mass is 10.1. The van der Waals surface area contributed by atoms with Crippen LogP contribution in [0.3, 0.4) is 0 Å². The van der Waals surface area contributed by atoms with E-state index in [0.717, 1.165) is 10.7 Å². The van der Waals surface area contributed by atoms with Crippen LogP contribution >= 0.6 is 11.3 Å². The Morgan fingerprint density at radius 3 is 2.61 bits per heavy atom. The predicted molar refractivity (Wildman–Crippen MR) is 70.0 cm³/mol. The van der Waals surface area contributed by atoms with E-state index >= 15 is 0 Å². The Morgan fingerprint density at radius 2 is 2.11 bits per heavy atom. The van der Waals surface area contributed by atoms with Crippen molar-refractivity contribution in [3.05, 3.63) is 15.6 Å². The standard InChI is InChI=1S/C12H18N2O3S/c1-7(5-4-6-10(15)16)13-12(17)11-8(2)14-9(3)18-11/h7H,4-6H2,1-3H3,(H,13,17)(H,15,16). The molecule has 0 aliphatic carbocycles. The summed E-state index contributed by atoms with van der Waals surface area (Å²) in [6.45, 7) is 5.56. The van der Waals surface area contributed by atoms with Crippen molar-refractivity contribution in [3.8, 4) is 0 Å². The fourth-order valence-corrected chi connectivity index (χ4v) is 2.49. The van der Waals surface area contributed by atoms with Gasteiger partial charge in [0.25, 0.3) is 5.91 Å². The van der Waals surface area contributed by atoms with Gasteiger partial charge in [-0.05, 0) is 33.6 Å². The number of aliphatic carboxylic acids is 1. The van der Waals surface area contributed by atoms with Gasteiger partial charge in [-0.1, -0.05) is 0 Å². The van der Waals surface area contributed by atoms with Gasteiger partial charge in [0, 0.05) is 12.5 Å². The maximum atomic E-state index is 11.9. The number of nitrogens with zero attached hydrogens (tertiary/aromatic N) is 1. The lowest BCUT2D eigenvalue weighted by Crippen LogP contribution is -2.32. The molecule has 0 aromatic carbocycles. The average Bonchev–Trinajstić information content (AvgIpc) is 2.57. The zero-order valence-corrected chi connectivity index (χ0v) is 11.6. The van der Waals surface area contributed by atoms with Crippen molar-refractivity contribution in [2.45, 2.75) is 46.1 Å². The molecule has 0 spiro atoms. The minimum atomic E-state index is -0.803. The Hall–Kier alpha value is -1.43. The highest BCUT2D eigenvalue weighted by Crippen LogP contribution is 2.17. The summed E-state index contributed by atoms with van der Waals surface area (Å²) in [5.74, 6) is -0.927. The maximum Gasteiger partial charge on any atom is 0.303 e. The predicted octanol–water partition coefficient (Wildman–Crippen LogP) is 2.13. The van der Waals surface area contributed by atoms with Crippen molar-refractivity contribution in [3.63, 3.8) is 0 Å². The molecule has 0 aliphatic heterocycles. The maximum absolute atomic E-state index is 11.9. The third kappa shape index (κ3) is 4.44. The first kappa shape index (κ1) is 14.6. The number of rotatable bonds is 6. The topological polar surface area (TPSA) is 79.3 Å². The molecule has 5 nitrogen and oxygen atoms in total. The fraction of sp³-hybridized carbons (Fsp3) is 0.583. The van der Waals surface area contributed by atoms with Crippen molar-refractivity contribution >= 4 is 23.2 Å². The monoisotopic (exact) mass is 270 g/mol. The van der Waals surface area contributed by atoms with E-state index in [9.17, 15) is 9.59 Å². The molecule has 1 rings (SSSR count). The van der Waals surface area contributed by atoms with E-state index in [1.807, 2.05) is 20.8 Å². The van der Waals surface area contributed by atoms with Crippen LogP contribution in [0.25, 0.3) is 0 Å². The van der Waals surface area contributed by atoms with Crippen LogP contribution < -0.4 is 5.32 Å². The van der Waals surface area contributed by atoms with Crippen LogP contribution in [0.1, 0.15) is 46.6 Å². The first-order valence-electron chi connectivity index (χ1n) is 5.87. The van der Waals surface area contributed by atoms with Crippen LogP contribution in [0.4, 0.5) is 0 Å². The fourth-order valence-electron chi connectivity index (χ4n) is 1.66. The SMILES string of the molecule is Cc1nc(C)c(C(=O)NC(C)CCCC(=O)O)s1. The Bertz CT molecular complexity index is 443. The van der Waals surface area contributed by atoms with Gasteiger partial charge in [-0.25, -0.2) is 4.98 Å². The second kappa shape index (κ2) is 6.49. The smallest absolute Gasteiger partial charge is 0.303 e. The number of carboxylic acid groups (broad SMARTS) is 1. The van der Waals surface area contributed by atoms with E-state index in [4.69, 9.17) is 5.11 Å². The van der Waals surface area contributed by atoms with E-state index in [0.29, 0.717) is 17.7 Å². The third-order valence-corrected chi connectivity index (χ3v) is 3.59. The first-order chi connectivity index (χ1) is 8.40. The van der Waals surface area contributed by atoms with Crippen molar-refractivity contribution < 1.29 is 14.7 Å². The number of amides is 1. The highest BCUT2D eigenvalue weighted by Gasteiger charge is 2.15. The number of hydrogen-bond acceptors (Lipinski definition) is 4. The molecule has 0 fully saturated rings. The second-order valence-corrected chi connectivity index (χ2v) is 5.51. The number of carbonyl (C=O) groups excluding carboxylic acids is 1. The summed E-state index contributed by atoms with van der Waals surface area (Å²) in [5, 5.41) is 12.3. The summed E-state index contributed by atoms with van der Waals surface area (Å²) in [7, 11) is 0. The molecule has 2 N–H and O–H groups in total. The van der Waals surface area contributed by atoms with Gasteiger partial charge >= 0.3 is 5.97 Å². The van der Waals surface area contributed by atoms with Crippen molar-refractivity contribution in [1.82, 2.24) is 10.3 Å². The Kier molecular flexibility index (Phi) is 5.27. The summed E-state index contributed by atoms with van der Waals surface area (Å²) in [6, 6.07) is -0.0290. The molecule has 1 amide bonds. The molecule has 0 radical (unpaired) electrons. The number of aromatic nitrogens is 1. The van der Waals surface area contributed by atoms with E-state index in [2.05, 4.69) is 10.3 Å². The summed E-state index contributed by atoms with van der Waals surface area (Å²) in [6.07, 6.45) is 1.37. The van der Waals surface area contributed by atoms with Crippen LogP contribution in [-0.4, -0.2) is 28.0 Å². The molecular weight excluding hydrogens is 252 g/mol. The molecule has 18 heavy (non-hydrogen) atoms. The number of carbonyl (C=O) groups is 2. The third-order valence-electron chi connectivity index (χ3n) is 2.52. The minimum absolute atomic E-state index is 0.0290. The average molecular weight is 270 g/mol. The lowest BCUT2D eigenvalue weighted by Gasteiger charge is -2.12. The zero-order chi connectivity index (χ0) is 13.7. The van der Waals surface area contributed by atoms with Gasteiger partial charge in [0.2, 0.25) is 0 Å². The number of nitrogens with one attached hydrogen (secondary N) is 1. The summed E-state index contributed by atoms with van der Waals surface area (Å²) < 4.78 is 0. The number of carboxylic acids is 1. The van der Waals surface area contributed by atoms with Gasteiger partial charge in [0.15, 0.2) is 0 Å². The quantitative estimate of drug-likeness (QED) is 0.830. The Labute approximate surface area is 110 Å². The minimum Gasteiger partial charge on any atom is -0.481 e. The number of aryl methyl sites for hydroxylation is 2. The summed E-state index contributed by atoms with van der Waals surface area (Å²) in [5.41, 5.74) is 0.743. The van der Waals surface area contributed by atoms with Crippen LogP contribution in [0, 0.1) is 13.8 Å². The molecular formula is C12H18N2O3S. The molecule has 0 saturated carbocycles. The summed E-state index contributed by atoms with van der Waals surface area (Å²) >= 11 is 1.38. The normalized spacial score (nSPS) is 12.2. The molecule has 100 valence electrons. The van der Waals surface area contributed by atoms with Gasteiger partial charge in [-0.3, -0.25) is 9.59 Å². The molecule has 1 unspecified atom stereocenters. The molecule has 1 atom stereocenters. The van der Waals surface area contributed by atoms with Crippen molar-refractivity contribution in [2.24, 2.45) is 0 Å². The molecule has 0 bridgehead atoms. The van der Waals surface area contributed by atoms with E-state index in [1.165, 1.54) is 11.3 Å². The molecule has 6 heteroatoms. The molecule has 1 aromatic rings. The van der Waals surface area contributed by atoms with Gasteiger partial charge in [-0.2, -0.15) is 0 Å². The van der Waals surface area contributed by atoms with Gasteiger partial charge < -0.3 is 10.4 Å². The van der Waals surface area contributed by atoms with Crippen LogP contribution in [0.15, 0.2) is 0 Å². The van der Waals surface area contributed by atoms with Gasteiger partial charge in [0.05, 0.1) is 10.7 Å². The van der Waals surface area contributed by atoms with E-state index in [1.54, 1.807) is 0 Å². The highest BCUT2D eigenvalue weighted by molar-refractivity contribution is 7.13. The zero-order valence-electron chi connectivity index (χ0n) is 10.8. The molecule has 1 heterocycles. The Balaban J connectivity index is 2.44. The van der Waals surface area contributed by atoms with E-state index in [-0.39, 0.29) is 18.4 Å². The highest BCUT2D eigenvalue weighted by atomic mass is 32.1. The van der Waals surface area contributed by atoms with Crippen molar-refractivity contribution in [2.75, 3.05) is 0 Å². The number of hydrogen-bond donors (Lipinski definition) is 2. The first-order valence-corrected chi connectivity index (χ1v) is 6.68. The van der Waals surface area contributed by atoms with Crippen LogP contribution in [-0.2, 0) is 4.79 Å². The van der Waals surface area contributed by atoms with Crippen LogP contribution in [0.5, 0.6) is 0 Å². The van der Waals surface area contributed by atoms with Gasteiger partial charge in [-0.15, -0.1) is 11.3 Å². The summed E-state index contributed by atoms with van der Waals surface area (Å²) in [4.78, 5) is 27.1. The lowest BCUT2D eigenvalue weighted by molar-refractivity contribution is -0.137. The largest absolute Gasteiger partial charge is 0.481 e. The second-order valence-electron chi connectivity index (χ2n) is 4.31. The molecule has 0 aliphatic rings. The molecule has 1 aromatic heterocycles. The van der Waals surface area contributed by atoms with Crippen LogP contribution in [0.2, 0.25) is 0 Å². The number of thiazole rings is 1. The Morgan fingerprint density at radius 1 is 1.44 bits per heavy atom.